The van der Waals surface area contributed by atoms with Gasteiger partial charge in [0.05, 0.1) is 23.8 Å². The van der Waals surface area contributed by atoms with Crippen LogP contribution in [0, 0.1) is 0 Å². The Balaban J connectivity index is 1.48. The molecule has 6 heteroatoms. The molecule has 0 bridgehead atoms. The van der Waals surface area contributed by atoms with Gasteiger partial charge >= 0.3 is 0 Å². The molecule has 0 fully saturated rings. The largest absolute Gasteiger partial charge is 0.366 e. The zero-order chi connectivity index (χ0) is 18.8. The van der Waals surface area contributed by atoms with Crippen molar-refractivity contribution in [2.75, 3.05) is 5.32 Å². The Morgan fingerprint density at radius 2 is 1.64 bits per heavy atom. The molecule has 6 nitrogen and oxygen atoms in total. The van der Waals surface area contributed by atoms with Crippen LogP contribution in [0.2, 0.25) is 0 Å². The predicted molar refractivity (Wildman–Crippen MR) is 110 cm³/mol. The molecule has 136 valence electrons. The summed E-state index contributed by atoms with van der Waals surface area (Å²) in [5, 5.41) is 15.2. The third-order valence-corrected chi connectivity index (χ3v) is 4.67. The summed E-state index contributed by atoms with van der Waals surface area (Å²) < 4.78 is 1.81. The van der Waals surface area contributed by atoms with E-state index in [4.69, 9.17) is 4.98 Å². The lowest BCUT2D eigenvalue weighted by atomic mass is 10.1. The third kappa shape index (κ3) is 3.01. The fraction of sp³-hybridized carbons (Fsp3) is 0.0455. The van der Waals surface area contributed by atoms with E-state index in [0.717, 1.165) is 39.5 Å². The average molecular weight is 366 g/mol. The van der Waals surface area contributed by atoms with Crippen LogP contribution < -0.4 is 5.32 Å². The smallest absolute Gasteiger partial charge is 0.157 e. The average Bonchev–Trinajstić information content (AvgIpc) is 3.42. The first-order valence-electron chi connectivity index (χ1n) is 9.10. The zero-order valence-corrected chi connectivity index (χ0v) is 15.1. The standard InChI is InChI=1S/C22H18N6/c1-3-7-16(8-4-1)19-13-21(28-20(26-19)11-12-25-28)23-14-18-15-24-27-22(18)17-9-5-2-6-10-17/h1-13,15,23H,14H2,(H,24,27). The van der Waals surface area contributed by atoms with Gasteiger partial charge in [-0.1, -0.05) is 60.7 Å². The zero-order valence-electron chi connectivity index (χ0n) is 15.1. The molecule has 3 aromatic heterocycles. The van der Waals surface area contributed by atoms with E-state index in [1.807, 2.05) is 59.2 Å². The molecule has 28 heavy (non-hydrogen) atoms. The highest BCUT2D eigenvalue weighted by Gasteiger charge is 2.11. The molecule has 0 aliphatic rings. The second-order valence-electron chi connectivity index (χ2n) is 6.48. The van der Waals surface area contributed by atoms with Crippen molar-refractivity contribution in [1.29, 1.82) is 0 Å². The highest BCUT2D eigenvalue weighted by molar-refractivity contribution is 5.67. The monoisotopic (exact) mass is 366 g/mol. The van der Waals surface area contributed by atoms with Crippen molar-refractivity contribution in [3.05, 3.63) is 90.8 Å². The topological polar surface area (TPSA) is 70.9 Å². The lowest BCUT2D eigenvalue weighted by Gasteiger charge is -2.11. The fourth-order valence-corrected chi connectivity index (χ4v) is 3.28. The molecule has 0 saturated carbocycles. The van der Waals surface area contributed by atoms with Crippen molar-refractivity contribution in [2.45, 2.75) is 6.54 Å². The van der Waals surface area contributed by atoms with Gasteiger partial charge in [0, 0.05) is 29.8 Å². The van der Waals surface area contributed by atoms with Gasteiger partial charge in [0.25, 0.3) is 0 Å². The maximum Gasteiger partial charge on any atom is 0.157 e. The first kappa shape index (κ1) is 16.3. The number of nitrogens with zero attached hydrogens (tertiary/aromatic N) is 4. The Morgan fingerprint density at radius 1 is 0.893 bits per heavy atom. The van der Waals surface area contributed by atoms with Crippen LogP contribution in [-0.2, 0) is 6.54 Å². The molecule has 0 unspecified atom stereocenters. The SMILES string of the molecule is c1ccc(-c2cc(NCc3cn[nH]c3-c3ccccc3)n3nccc3n2)cc1. The van der Waals surface area contributed by atoms with Gasteiger partial charge in [0.15, 0.2) is 5.65 Å². The van der Waals surface area contributed by atoms with E-state index in [1.54, 1.807) is 6.20 Å². The molecule has 0 radical (unpaired) electrons. The summed E-state index contributed by atoms with van der Waals surface area (Å²) in [4.78, 5) is 4.72. The van der Waals surface area contributed by atoms with Crippen LogP contribution in [0.15, 0.2) is 85.2 Å². The summed E-state index contributed by atoms with van der Waals surface area (Å²) in [6.07, 6.45) is 3.62. The van der Waals surface area contributed by atoms with Gasteiger partial charge in [-0.3, -0.25) is 5.10 Å². The van der Waals surface area contributed by atoms with Crippen molar-refractivity contribution >= 4 is 11.5 Å². The summed E-state index contributed by atoms with van der Waals surface area (Å²) in [5.41, 5.74) is 6.00. The van der Waals surface area contributed by atoms with Crippen LogP contribution in [0.5, 0.6) is 0 Å². The lowest BCUT2D eigenvalue weighted by molar-refractivity contribution is 0.927. The Hall–Kier alpha value is -3.93. The molecule has 0 atom stereocenters. The van der Waals surface area contributed by atoms with Crippen LogP contribution in [0.4, 0.5) is 5.82 Å². The van der Waals surface area contributed by atoms with Crippen molar-refractivity contribution in [2.24, 2.45) is 0 Å². The van der Waals surface area contributed by atoms with E-state index in [-0.39, 0.29) is 0 Å². The first-order chi connectivity index (χ1) is 13.9. The third-order valence-electron chi connectivity index (χ3n) is 4.67. The van der Waals surface area contributed by atoms with Crippen molar-refractivity contribution in [1.82, 2.24) is 24.8 Å². The van der Waals surface area contributed by atoms with Crippen LogP contribution >= 0.6 is 0 Å². The van der Waals surface area contributed by atoms with Crippen molar-refractivity contribution < 1.29 is 0 Å². The minimum absolute atomic E-state index is 0.619. The molecule has 0 spiro atoms. The summed E-state index contributed by atoms with van der Waals surface area (Å²) in [6, 6.07) is 24.3. The fourth-order valence-electron chi connectivity index (χ4n) is 3.28. The molecule has 0 aliphatic carbocycles. The Labute approximate surface area is 161 Å². The first-order valence-corrected chi connectivity index (χ1v) is 9.10. The lowest BCUT2D eigenvalue weighted by Crippen LogP contribution is -2.07. The summed E-state index contributed by atoms with van der Waals surface area (Å²) in [7, 11) is 0. The molecule has 2 aromatic carbocycles. The van der Waals surface area contributed by atoms with Crippen molar-refractivity contribution in [3.63, 3.8) is 0 Å². The summed E-state index contributed by atoms with van der Waals surface area (Å²) in [5.74, 6) is 0.883. The van der Waals surface area contributed by atoms with E-state index < -0.39 is 0 Å². The van der Waals surface area contributed by atoms with Crippen LogP contribution in [-0.4, -0.2) is 24.8 Å². The number of H-pyrrole nitrogens is 1. The minimum Gasteiger partial charge on any atom is -0.366 e. The maximum atomic E-state index is 4.72. The second kappa shape index (κ2) is 7.00. The Bertz CT molecular complexity index is 1210. The number of aromatic nitrogens is 5. The van der Waals surface area contributed by atoms with E-state index >= 15 is 0 Å². The molecule has 0 aliphatic heterocycles. The van der Waals surface area contributed by atoms with E-state index in [9.17, 15) is 0 Å². The molecule has 5 rings (SSSR count). The van der Waals surface area contributed by atoms with Crippen molar-refractivity contribution in [3.8, 4) is 22.5 Å². The molecule has 2 N–H and O–H groups in total. The van der Waals surface area contributed by atoms with Gasteiger partial charge in [-0.2, -0.15) is 14.7 Å². The summed E-state index contributed by atoms with van der Waals surface area (Å²) >= 11 is 0. The van der Waals surface area contributed by atoms with E-state index in [2.05, 4.69) is 44.9 Å². The molecule has 0 saturated heterocycles. The highest BCUT2D eigenvalue weighted by Crippen LogP contribution is 2.24. The van der Waals surface area contributed by atoms with Gasteiger partial charge in [0.1, 0.15) is 5.82 Å². The number of benzene rings is 2. The molecule has 5 aromatic rings. The van der Waals surface area contributed by atoms with Gasteiger partial charge in [-0.05, 0) is 5.56 Å². The predicted octanol–water partition coefficient (Wildman–Crippen LogP) is 4.40. The van der Waals surface area contributed by atoms with Crippen LogP contribution in [0.1, 0.15) is 5.56 Å². The summed E-state index contributed by atoms with van der Waals surface area (Å²) in [6.45, 7) is 0.619. The number of fused-ring (bicyclic) bond motifs is 1. The van der Waals surface area contributed by atoms with Gasteiger partial charge in [-0.15, -0.1) is 0 Å². The van der Waals surface area contributed by atoms with Gasteiger partial charge in [-0.25, -0.2) is 4.98 Å². The minimum atomic E-state index is 0.619. The maximum absolute atomic E-state index is 4.72. The van der Waals surface area contributed by atoms with Gasteiger partial charge < -0.3 is 5.32 Å². The normalized spacial score (nSPS) is 11.0. The number of aromatic amines is 1. The van der Waals surface area contributed by atoms with E-state index in [1.165, 1.54) is 0 Å². The Kier molecular flexibility index (Phi) is 4.06. The quantitative estimate of drug-likeness (QED) is 0.484. The van der Waals surface area contributed by atoms with E-state index in [0.29, 0.717) is 6.54 Å². The number of anilines is 1. The van der Waals surface area contributed by atoms with Crippen LogP contribution in [0.25, 0.3) is 28.2 Å². The number of rotatable bonds is 5. The Morgan fingerprint density at radius 3 is 2.43 bits per heavy atom. The number of hydrogen-bond donors (Lipinski definition) is 2. The highest BCUT2D eigenvalue weighted by atomic mass is 15.3. The number of nitrogens with one attached hydrogen (secondary N) is 2. The molecule has 0 amide bonds. The second-order valence-corrected chi connectivity index (χ2v) is 6.48. The molecule has 3 heterocycles. The number of hydrogen-bond acceptors (Lipinski definition) is 4. The molecular weight excluding hydrogens is 348 g/mol. The molecular formula is C22H18N6. The van der Waals surface area contributed by atoms with Crippen LogP contribution in [0.3, 0.4) is 0 Å². The van der Waals surface area contributed by atoms with Gasteiger partial charge in [0.2, 0.25) is 0 Å².